The molecule has 0 saturated carbocycles. The summed E-state index contributed by atoms with van der Waals surface area (Å²) < 4.78 is 16.7. The van der Waals surface area contributed by atoms with Gasteiger partial charge in [0, 0.05) is 19.3 Å². The lowest BCUT2D eigenvalue weighted by atomic mass is 10.1. The van der Waals surface area contributed by atoms with Crippen LogP contribution in [0, 0.1) is 0 Å². The fourth-order valence-corrected chi connectivity index (χ4v) is 5.94. The maximum Gasteiger partial charge on any atom is 0.306 e. The second-order valence-electron chi connectivity index (χ2n) is 15.6. The van der Waals surface area contributed by atoms with Gasteiger partial charge in [0.15, 0.2) is 6.10 Å². The first-order chi connectivity index (χ1) is 32.0. The van der Waals surface area contributed by atoms with Crippen molar-refractivity contribution in [3.63, 3.8) is 0 Å². The Labute approximate surface area is 396 Å². The average molecular weight is 891 g/mol. The fourth-order valence-electron chi connectivity index (χ4n) is 5.94. The summed E-state index contributed by atoms with van der Waals surface area (Å²) in [5.74, 6) is -1.03. The van der Waals surface area contributed by atoms with Crippen LogP contribution in [0.5, 0.6) is 0 Å². The van der Waals surface area contributed by atoms with Crippen molar-refractivity contribution >= 4 is 17.9 Å². The first-order valence-electron chi connectivity index (χ1n) is 24.8. The summed E-state index contributed by atoms with van der Waals surface area (Å²) in [6.45, 7) is 6.21. The molecule has 6 heteroatoms. The maximum absolute atomic E-state index is 12.8. The van der Waals surface area contributed by atoms with E-state index < -0.39 is 6.10 Å². The van der Waals surface area contributed by atoms with Gasteiger partial charge >= 0.3 is 17.9 Å². The maximum atomic E-state index is 12.8. The number of hydrogen-bond acceptors (Lipinski definition) is 6. The van der Waals surface area contributed by atoms with Crippen LogP contribution in [-0.4, -0.2) is 37.2 Å². The molecule has 0 spiro atoms. The fraction of sp³-hybridized carbons (Fsp3) is 0.475. The second kappa shape index (κ2) is 51.4. The minimum atomic E-state index is -0.828. The van der Waals surface area contributed by atoms with E-state index in [1.807, 2.05) is 146 Å². The molecule has 0 rings (SSSR count). The molecule has 358 valence electrons. The monoisotopic (exact) mass is 891 g/mol. The lowest BCUT2D eigenvalue weighted by Crippen LogP contribution is -2.30. The molecule has 65 heavy (non-hydrogen) atoms. The number of carbonyl (C=O) groups is 3. The number of ether oxygens (including phenoxy) is 3. The summed E-state index contributed by atoms with van der Waals surface area (Å²) in [4.78, 5) is 37.9. The number of unbranched alkanes of at least 4 members (excludes halogenated alkanes) is 14. The zero-order valence-electron chi connectivity index (χ0n) is 40.7. The van der Waals surface area contributed by atoms with Crippen molar-refractivity contribution in [1.29, 1.82) is 0 Å². The Morgan fingerprint density at radius 3 is 0.938 bits per heavy atom. The quantitative estimate of drug-likeness (QED) is 0.0263. The Morgan fingerprint density at radius 1 is 0.323 bits per heavy atom. The number of rotatable bonds is 41. The van der Waals surface area contributed by atoms with E-state index in [-0.39, 0.29) is 44.0 Å². The van der Waals surface area contributed by atoms with Gasteiger partial charge in [0.25, 0.3) is 0 Å². The highest BCUT2D eigenvalue weighted by Crippen LogP contribution is 2.12. The zero-order chi connectivity index (χ0) is 47.2. The second-order valence-corrected chi connectivity index (χ2v) is 15.6. The summed E-state index contributed by atoms with van der Waals surface area (Å²) in [7, 11) is 0. The normalized spacial score (nSPS) is 13.6. The van der Waals surface area contributed by atoms with Crippen molar-refractivity contribution in [2.24, 2.45) is 0 Å². The molecule has 6 nitrogen and oxygen atoms in total. The molecule has 0 aliphatic heterocycles. The van der Waals surface area contributed by atoms with Crippen LogP contribution in [-0.2, 0) is 28.6 Å². The minimum absolute atomic E-state index is 0.120. The Hall–Kier alpha value is -5.23. The number of esters is 3. The molecule has 0 radical (unpaired) electrons. The van der Waals surface area contributed by atoms with Crippen molar-refractivity contribution in [1.82, 2.24) is 0 Å². The summed E-state index contributed by atoms with van der Waals surface area (Å²) >= 11 is 0. The lowest BCUT2D eigenvalue weighted by molar-refractivity contribution is -0.167. The molecule has 0 aromatic rings. The Kier molecular flexibility index (Phi) is 47.3. The van der Waals surface area contributed by atoms with Crippen LogP contribution in [0.2, 0.25) is 0 Å². The number of carbonyl (C=O) groups excluding carboxylic acids is 3. The van der Waals surface area contributed by atoms with E-state index in [4.69, 9.17) is 14.2 Å². The van der Waals surface area contributed by atoms with Crippen molar-refractivity contribution in [2.45, 2.75) is 168 Å². The third kappa shape index (κ3) is 49.6. The van der Waals surface area contributed by atoms with Crippen LogP contribution in [0.3, 0.4) is 0 Å². The number of allylic oxidation sites excluding steroid dienone is 28. The summed E-state index contributed by atoms with van der Waals surface area (Å²) in [5.41, 5.74) is 0. The summed E-state index contributed by atoms with van der Waals surface area (Å²) in [5, 5.41) is 0. The van der Waals surface area contributed by atoms with Gasteiger partial charge in [-0.05, 0) is 57.8 Å². The molecule has 0 amide bonds. The van der Waals surface area contributed by atoms with Crippen LogP contribution >= 0.6 is 0 Å². The van der Waals surface area contributed by atoms with Gasteiger partial charge in [0.1, 0.15) is 13.2 Å². The van der Waals surface area contributed by atoms with Gasteiger partial charge in [-0.3, -0.25) is 14.4 Å². The molecule has 0 bridgehead atoms. The molecule has 1 unspecified atom stereocenters. The van der Waals surface area contributed by atoms with E-state index in [1.54, 1.807) is 0 Å². The van der Waals surface area contributed by atoms with Gasteiger partial charge in [-0.25, -0.2) is 0 Å². The van der Waals surface area contributed by atoms with Crippen molar-refractivity contribution in [3.05, 3.63) is 170 Å². The van der Waals surface area contributed by atoms with Crippen LogP contribution in [0.4, 0.5) is 0 Å². The molecule has 0 aliphatic rings. The van der Waals surface area contributed by atoms with E-state index in [2.05, 4.69) is 45.1 Å². The van der Waals surface area contributed by atoms with Crippen LogP contribution in [0.25, 0.3) is 0 Å². The molecule has 0 saturated heterocycles. The average Bonchev–Trinajstić information content (AvgIpc) is 3.30. The predicted octanol–water partition coefficient (Wildman–Crippen LogP) is 16.4. The van der Waals surface area contributed by atoms with Crippen molar-refractivity contribution in [2.75, 3.05) is 13.2 Å². The smallest absolute Gasteiger partial charge is 0.306 e. The zero-order valence-corrected chi connectivity index (χ0v) is 40.7. The standard InChI is InChI=1S/C59H86O6/c1-4-7-10-13-16-19-21-23-25-27-29-31-33-35-37-40-43-46-49-52-58(61)64-55-56(54-63-57(60)51-48-45-42-39-18-15-12-9-6-3)65-59(62)53-50-47-44-41-38-36-34-32-30-28-26-24-22-20-17-14-11-8-5-2/h7-8,10-11,13-14,16-17,19-38,56H,4-6,9,12,15,18,39-55H2,1-3H3/b10-7-,11-8-,16-13-,17-14-,21-19-,22-20-,25-23-,26-24-,29-27+,30-28+,33-31-,34-32-,37-35-,38-36-. The third-order valence-corrected chi connectivity index (χ3v) is 9.61. The molecule has 0 aromatic carbocycles. The first kappa shape index (κ1) is 59.8. The first-order valence-corrected chi connectivity index (χ1v) is 24.8. The molecule has 0 fully saturated rings. The van der Waals surface area contributed by atoms with Crippen molar-refractivity contribution < 1.29 is 28.6 Å². The predicted molar refractivity (Wildman–Crippen MR) is 278 cm³/mol. The molecule has 0 aromatic heterocycles. The van der Waals surface area contributed by atoms with E-state index in [9.17, 15) is 14.4 Å². The van der Waals surface area contributed by atoms with E-state index in [0.29, 0.717) is 19.3 Å². The van der Waals surface area contributed by atoms with Crippen LogP contribution < -0.4 is 0 Å². The highest BCUT2D eigenvalue weighted by atomic mass is 16.6. The van der Waals surface area contributed by atoms with Crippen molar-refractivity contribution in [3.8, 4) is 0 Å². The van der Waals surface area contributed by atoms with Gasteiger partial charge in [-0.15, -0.1) is 0 Å². The molecule has 0 N–H and O–H groups in total. The lowest BCUT2D eigenvalue weighted by Gasteiger charge is -2.18. The third-order valence-electron chi connectivity index (χ3n) is 9.61. The van der Waals surface area contributed by atoms with E-state index in [0.717, 1.165) is 70.6 Å². The molecule has 0 heterocycles. The van der Waals surface area contributed by atoms with Crippen LogP contribution in [0.1, 0.15) is 162 Å². The van der Waals surface area contributed by atoms with E-state index in [1.165, 1.54) is 38.5 Å². The Balaban J connectivity index is 4.61. The molecular weight excluding hydrogens is 805 g/mol. The van der Waals surface area contributed by atoms with Gasteiger partial charge in [-0.2, -0.15) is 0 Å². The highest BCUT2D eigenvalue weighted by molar-refractivity contribution is 5.71. The van der Waals surface area contributed by atoms with Gasteiger partial charge < -0.3 is 14.2 Å². The highest BCUT2D eigenvalue weighted by Gasteiger charge is 2.19. The Bertz CT molecular complexity index is 1590. The van der Waals surface area contributed by atoms with E-state index >= 15 is 0 Å². The summed E-state index contributed by atoms with van der Waals surface area (Å²) in [6, 6.07) is 0. The summed E-state index contributed by atoms with van der Waals surface area (Å²) in [6.07, 6.45) is 76.1. The van der Waals surface area contributed by atoms with Gasteiger partial charge in [-0.1, -0.05) is 255 Å². The molecule has 1 atom stereocenters. The molecular formula is C59H86O6. The largest absolute Gasteiger partial charge is 0.462 e. The van der Waals surface area contributed by atoms with Gasteiger partial charge in [0.05, 0.1) is 0 Å². The van der Waals surface area contributed by atoms with Crippen LogP contribution in [0.15, 0.2) is 170 Å². The topological polar surface area (TPSA) is 78.9 Å². The SMILES string of the molecule is CC\C=C/C=C\C=C/C=C\C=C\C=C/C=C\CCCCCC(=O)OCC(COC(=O)CCCCCCCCCCC)OC(=O)CCCCC\C=C/C=C\C=C\C=C/C=C\C=C/C=C\CC. The Morgan fingerprint density at radius 2 is 0.600 bits per heavy atom. The van der Waals surface area contributed by atoms with Gasteiger partial charge in [0.2, 0.25) is 0 Å². The molecule has 0 aliphatic carbocycles. The number of hydrogen-bond donors (Lipinski definition) is 0. The minimum Gasteiger partial charge on any atom is -0.462 e.